The maximum atomic E-state index is 12.1. The maximum Gasteiger partial charge on any atom is 0.404 e. The Kier molecular flexibility index (Phi) is 16.7. The predicted molar refractivity (Wildman–Crippen MR) is 102 cm³/mol. The van der Waals surface area contributed by atoms with E-state index in [9.17, 15) is 9.59 Å². The molecule has 0 radical (unpaired) electrons. The summed E-state index contributed by atoms with van der Waals surface area (Å²) in [7, 11) is 0. The largest absolute Gasteiger partial charge is 0.465 e. The highest BCUT2D eigenvalue weighted by molar-refractivity contribution is 5.73. The molecule has 0 aliphatic rings. The average Bonchev–Trinajstić information content (AvgIpc) is 2.59. The molecular weight excluding hydrogens is 318 g/mol. The minimum Gasteiger partial charge on any atom is -0.465 e. The molecular formula is C20H39NO4. The van der Waals surface area contributed by atoms with Crippen LogP contribution in [0.5, 0.6) is 0 Å². The predicted octanol–water partition coefficient (Wildman–Crippen LogP) is 5.52. The van der Waals surface area contributed by atoms with Crippen LogP contribution in [0.3, 0.4) is 0 Å². The molecule has 0 spiro atoms. The van der Waals surface area contributed by atoms with Gasteiger partial charge in [0, 0.05) is 6.54 Å². The van der Waals surface area contributed by atoms with Gasteiger partial charge >= 0.3 is 12.1 Å². The Bertz CT molecular complexity index is 334. The van der Waals surface area contributed by atoms with Crippen LogP contribution in [0.4, 0.5) is 4.79 Å². The number of rotatable bonds is 17. The Labute approximate surface area is 153 Å². The van der Waals surface area contributed by atoms with Gasteiger partial charge in [0.2, 0.25) is 0 Å². The molecule has 148 valence electrons. The van der Waals surface area contributed by atoms with Gasteiger partial charge in [-0.1, -0.05) is 84.5 Å². The fraction of sp³-hybridized carbons (Fsp3) is 0.900. The van der Waals surface area contributed by atoms with Crippen LogP contribution in [0.1, 0.15) is 97.3 Å². The van der Waals surface area contributed by atoms with E-state index >= 15 is 0 Å². The second-order valence-electron chi connectivity index (χ2n) is 6.87. The number of hydrogen-bond acceptors (Lipinski definition) is 3. The summed E-state index contributed by atoms with van der Waals surface area (Å²) in [5.74, 6) is -0.628. The van der Waals surface area contributed by atoms with Crippen molar-refractivity contribution in [1.29, 1.82) is 0 Å². The van der Waals surface area contributed by atoms with Crippen LogP contribution in [0.2, 0.25) is 0 Å². The van der Waals surface area contributed by atoms with Crippen molar-refractivity contribution in [2.24, 2.45) is 5.92 Å². The number of ether oxygens (including phenoxy) is 1. The first-order valence-corrected chi connectivity index (χ1v) is 10.2. The molecule has 0 aromatic heterocycles. The molecule has 0 aliphatic carbocycles. The summed E-state index contributed by atoms with van der Waals surface area (Å²) in [4.78, 5) is 22.7. The standard InChI is InChI=1S/C20H39NO4/c1-3-5-7-8-9-10-11-12-13-14-16-25-19(22)18(15-6-4-2)17-21-20(23)24/h18,21H,3-17H2,1-2H3,(H,23,24). The molecule has 0 saturated heterocycles. The van der Waals surface area contributed by atoms with Gasteiger partial charge in [-0.3, -0.25) is 4.79 Å². The van der Waals surface area contributed by atoms with E-state index in [2.05, 4.69) is 19.2 Å². The van der Waals surface area contributed by atoms with Gasteiger partial charge in [0.25, 0.3) is 0 Å². The van der Waals surface area contributed by atoms with E-state index in [4.69, 9.17) is 9.84 Å². The third-order valence-electron chi connectivity index (χ3n) is 4.48. The minimum absolute atomic E-state index is 0.145. The molecule has 0 heterocycles. The Morgan fingerprint density at radius 2 is 1.36 bits per heavy atom. The van der Waals surface area contributed by atoms with Crippen molar-refractivity contribution in [2.45, 2.75) is 97.3 Å². The third kappa shape index (κ3) is 16.0. The molecule has 0 aromatic carbocycles. The zero-order valence-electron chi connectivity index (χ0n) is 16.4. The van der Waals surface area contributed by atoms with Gasteiger partial charge in [-0.25, -0.2) is 4.79 Å². The molecule has 0 fully saturated rings. The Morgan fingerprint density at radius 1 is 0.840 bits per heavy atom. The van der Waals surface area contributed by atoms with Gasteiger partial charge in [-0.2, -0.15) is 0 Å². The summed E-state index contributed by atoms with van der Waals surface area (Å²) in [6.07, 6.45) is 13.9. The Hall–Kier alpha value is -1.26. The van der Waals surface area contributed by atoms with Crippen molar-refractivity contribution >= 4 is 12.1 Å². The molecule has 5 heteroatoms. The molecule has 1 amide bonds. The lowest BCUT2D eigenvalue weighted by atomic mass is 10.0. The molecule has 0 bridgehead atoms. The summed E-state index contributed by atoms with van der Waals surface area (Å²) in [6, 6.07) is 0. The molecule has 25 heavy (non-hydrogen) atoms. The van der Waals surface area contributed by atoms with E-state index in [-0.39, 0.29) is 18.4 Å². The lowest BCUT2D eigenvalue weighted by Crippen LogP contribution is -2.33. The Morgan fingerprint density at radius 3 is 1.88 bits per heavy atom. The first-order chi connectivity index (χ1) is 12.1. The summed E-state index contributed by atoms with van der Waals surface area (Å²) < 4.78 is 5.33. The summed E-state index contributed by atoms with van der Waals surface area (Å²) >= 11 is 0. The first kappa shape index (κ1) is 23.7. The molecule has 0 saturated carbocycles. The van der Waals surface area contributed by atoms with Crippen LogP contribution in [0, 0.1) is 5.92 Å². The van der Waals surface area contributed by atoms with Crippen molar-refractivity contribution in [3.8, 4) is 0 Å². The van der Waals surface area contributed by atoms with Crippen LogP contribution >= 0.6 is 0 Å². The van der Waals surface area contributed by atoms with Gasteiger partial charge in [0.1, 0.15) is 0 Å². The lowest BCUT2D eigenvalue weighted by molar-refractivity contribution is -0.148. The fourth-order valence-corrected chi connectivity index (χ4v) is 2.84. The summed E-state index contributed by atoms with van der Waals surface area (Å²) in [6.45, 7) is 4.88. The number of carboxylic acid groups (broad SMARTS) is 1. The van der Waals surface area contributed by atoms with E-state index < -0.39 is 6.09 Å². The highest BCUT2D eigenvalue weighted by Crippen LogP contribution is 2.12. The molecule has 5 nitrogen and oxygen atoms in total. The highest BCUT2D eigenvalue weighted by Gasteiger charge is 2.20. The maximum absolute atomic E-state index is 12.1. The number of amides is 1. The Balaban J connectivity index is 3.65. The zero-order valence-corrected chi connectivity index (χ0v) is 16.4. The van der Waals surface area contributed by atoms with Crippen molar-refractivity contribution in [3.63, 3.8) is 0 Å². The molecule has 1 unspecified atom stereocenters. The zero-order chi connectivity index (χ0) is 18.8. The number of nitrogens with one attached hydrogen (secondary N) is 1. The molecule has 1 atom stereocenters. The SMILES string of the molecule is CCCCCCCCCCCCOC(=O)C(CCCC)CNC(=O)O. The number of esters is 1. The van der Waals surface area contributed by atoms with Gasteiger partial charge in [0.05, 0.1) is 12.5 Å². The molecule has 0 aromatic rings. The van der Waals surface area contributed by atoms with Gasteiger partial charge in [-0.15, -0.1) is 0 Å². The molecule has 0 rings (SSSR count). The number of carbonyl (C=O) groups excluding carboxylic acids is 1. The van der Waals surface area contributed by atoms with Crippen LogP contribution in [0.25, 0.3) is 0 Å². The minimum atomic E-state index is -1.09. The van der Waals surface area contributed by atoms with Crippen LogP contribution in [-0.2, 0) is 9.53 Å². The lowest BCUT2D eigenvalue weighted by Gasteiger charge is -2.15. The molecule has 0 aliphatic heterocycles. The van der Waals surface area contributed by atoms with E-state index in [0.29, 0.717) is 13.0 Å². The van der Waals surface area contributed by atoms with Crippen LogP contribution in [0.15, 0.2) is 0 Å². The number of unbranched alkanes of at least 4 members (excludes halogenated alkanes) is 10. The second-order valence-corrected chi connectivity index (χ2v) is 6.87. The highest BCUT2D eigenvalue weighted by atomic mass is 16.5. The van der Waals surface area contributed by atoms with E-state index in [1.165, 1.54) is 51.4 Å². The smallest absolute Gasteiger partial charge is 0.404 e. The van der Waals surface area contributed by atoms with Crippen molar-refractivity contribution < 1.29 is 19.4 Å². The van der Waals surface area contributed by atoms with Crippen LogP contribution < -0.4 is 5.32 Å². The summed E-state index contributed by atoms with van der Waals surface area (Å²) in [5.41, 5.74) is 0. The summed E-state index contributed by atoms with van der Waals surface area (Å²) in [5, 5.41) is 11.0. The van der Waals surface area contributed by atoms with Crippen molar-refractivity contribution in [2.75, 3.05) is 13.2 Å². The number of carbonyl (C=O) groups is 2. The normalized spacial score (nSPS) is 11.9. The van der Waals surface area contributed by atoms with E-state index in [1.54, 1.807) is 0 Å². The van der Waals surface area contributed by atoms with Gasteiger partial charge < -0.3 is 15.2 Å². The topological polar surface area (TPSA) is 75.6 Å². The monoisotopic (exact) mass is 357 g/mol. The second kappa shape index (κ2) is 17.6. The average molecular weight is 358 g/mol. The fourth-order valence-electron chi connectivity index (χ4n) is 2.84. The quantitative estimate of drug-likeness (QED) is 0.265. The van der Waals surface area contributed by atoms with Gasteiger partial charge in [0.15, 0.2) is 0 Å². The van der Waals surface area contributed by atoms with Crippen LogP contribution in [-0.4, -0.2) is 30.3 Å². The van der Waals surface area contributed by atoms with E-state index in [1.807, 2.05) is 0 Å². The van der Waals surface area contributed by atoms with Crippen molar-refractivity contribution in [1.82, 2.24) is 5.32 Å². The third-order valence-corrected chi connectivity index (χ3v) is 4.48. The van der Waals surface area contributed by atoms with E-state index in [0.717, 1.165) is 25.7 Å². The first-order valence-electron chi connectivity index (χ1n) is 10.2. The molecule has 2 N–H and O–H groups in total. The van der Waals surface area contributed by atoms with Crippen molar-refractivity contribution in [3.05, 3.63) is 0 Å². The number of hydrogen-bond donors (Lipinski definition) is 2. The van der Waals surface area contributed by atoms with Gasteiger partial charge in [-0.05, 0) is 12.8 Å².